The summed E-state index contributed by atoms with van der Waals surface area (Å²) in [7, 11) is 0. The van der Waals surface area contributed by atoms with Crippen LogP contribution in [0.25, 0.3) is 11.4 Å². The number of hydrogen-bond donors (Lipinski definition) is 1. The molecule has 1 aromatic heterocycles. The highest BCUT2D eigenvalue weighted by Gasteiger charge is 2.19. The van der Waals surface area contributed by atoms with E-state index in [0.717, 1.165) is 12.1 Å². The Balaban J connectivity index is 1.74. The number of hydrogen-bond acceptors (Lipinski definition) is 5. The van der Waals surface area contributed by atoms with E-state index in [2.05, 4.69) is 15.5 Å². The molecule has 1 N–H and O–H groups in total. The Bertz CT molecular complexity index is 628. The van der Waals surface area contributed by atoms with Crippen LogP contribution >= 0.6 is 11.6 Å². The second-order valence-electron chi connectivity index (χ2n) is 4.55. The van der Waals surface area contributed by atoms with E-state index >= 15 is 0 Å². The molecule has 0 bridgehead atoms. The van der Waals surface area contributed by atoms with Crippen LogP contribution in [0.3, 0.4) is 0 Å². The summed E-state index contributed by atoms with van der Waals surface area (Å²) < 4.78 is 5.22. The van der Waals surface area contributed by atoms with Crippen LogP contribution < -0.4 is 5.32 Å². The number of carbonyl (C=O) groups excluding carboxylic acids is 1. The molecule has 0 unspecified atom stereocenters. The Hall–Kier alpha value is -1.92. The molecular formula is C13H13ClN4O2. The number of benzene rings is 1. The lowest BCUT2D eigenvalue weighted by molar-refractivity contribution is -0.124. The van der Waals surface area contributed by atoms with Crippen LogP contribution in [-0.2, 0) is 11.3 Å². The Morgan fingerprint density at radius 2 is 2.25 bits per heavy atom. The van der Waals surface area contributed by atoms with Gasteiger partial charge in [0.1, 0.15) is 0 Å². The molecular weight excluding hydrogens is 280 g/mol. The lowest BCUT2D eigenvalue weighted by Crippen LogP contribution is -2.47. The summed E-state index contributed by atoms with van der Waals surface area (Å²) in [5.41, 5.74) is 0.737. The summed E-state index contributed by atoms with van der Waals surface area (Å²) in [6.07, 6.45) is 0. The van der Waals surface area contributed by atoms with Gasteiger partial charge in [0, 0.05) is 18.7 Å². The van der Waals surface area contributed by atoms with Crippen molar-refractivity contribution in [2.75, 3.05) is 19.6 Å². The third-order valence-electron chi connectivity index (χ3n) is 3.06. The SMILES string of the molecule is O=C1CN(Cc2nc(-c3ccccc3Cl)no2)CCN1. The average Bonchev–Trinajstić information content (AvgIpc) is 2.87. The van der Waals surface area contributed by atoms with E-state index in [9.17, 15) is 4.79 Å². The number of carbonyl (C=O) groups is 1. The fourth-order valence-electron chi connectivity index (χ4n) is 2.09. The summed E-state index contributed by atoms with van der Waals surface area (Å²) in [6.45, 7) is 2.23. The summed E-state index contributed by atoms with van der Waals surface area (Å²) in [5, 5.41) is 7.29. The molecule has 1 amide bonds. The van der Waals surface area contributed by atoms with E-state index < -0.39 is 0 Å². The fraction of sp³-hybridized carbons (Fsp3) is 0.308. The topological polar surface area (TPSA) is 71.3 Å². The molecule has 1 saturated heterocycles. The minimum atomic E-state index is 0.0158. The van der Waals surface area contributed by atoms with Crippen LogP contribution in [0.5, 0.6) is 0 Å². The fourth-order valence-corrected chi connectivity index (χ4v) is 2.31. The van der Waals surface area contributed by atoms with Gasteiger partial charge in [0.15, 0.2) is 0 Å². The van der Waals surface area contributed by atoms with Gasteiger partial charge in [0.25, 0.3) is 0 Å². The van der Waals surface area contributed by atoms with Gasteiger partial charge in [-0.15, -0.1) is 0 Å². The Labute approximate surface area is 120 Å². The third kappa shape index (κ3) is 2.81. The molecule has 20 heavy (non-hydrogen) atoms. The van der Waals surface area contributed by atoms with Gasteiger partial charge in [0.2, 0.25) is 17.6 Å². The molecule has 1 aliphatic rings. The lowest BCUT2D eigenvalue weighted by Gasteiger charge is -2.24. The number of nitrogens with one attached hydrogen (secondary N) is 1. The molecule has 0 spiro atoms. The molecule has 1 aromatic carbocycles. The summed E-state index contributed by atoms with van der Waals surface area (Å²) in [5.74, 6) is 0.962. The summed E-state index contributed by atoms with van der Waals surface area (Å²) in [4.78, 5) is 17.6. The first-order valence-electron chi connectivity index (χ1n) is 6.29. The number of piperazine rings is 1. The highest BCUT2D eigenvalue weighted by atomic mass is 35.5. The molecule has 0 radical (unpaired) electrons. The minimum Gasteiger partial charge on any atom is -0.354 e. The lowest BCUT2D eigenvalue weighted by atomic mass is 10.2. The van der Waals surface area contributed by atoms with Crippen molar-refractivity contribution in [3.05, 3.63) is 35.2 Å². The molecule has 1 aliphatic heterocycles. The summed E-state index contributed by atoms with van der Waals surface area (Å²) in [6, 6.07) is 7.33. The van der Waals surface area contributed by atoms with Crippen molar-refractivity contribution in [3.63, 3.8) is 0 Å². The van der Waals surface area contributed by atoms with Crippen LogP contribution in [0.4, 0.5) is 0 Å². The van der Waals surface area contributed by atoms with Crippen molar-refractivity contribution < 1.29 is 9.32 Å². The van der Waals surface area contributed by atoms with Crippen molar-refractivity contribution in [2.24, 2.45) is 0 Å². The van der Waals surface area contributed by atoms with Crippen molar-refractivity contribution >= 4 is 17.5 Å². The quantitative estimate of drug-likeness (QED) is 0.924. The number of amides is 1. The largest absolute Gasteiger partial charge is 0.354 e. The van der Waals surface area contributed by atoms with E-state index in [-0.39, 0.29) is 5.91 Å². The normalized spacial score (nSPS) is 16.1. The van der Waals surface area contributed by atoms with Gasteiger partial charge in [-0.05, 0) is 12.1 Å². The van der Waals surface area contributed by atoms with Crippen molar-refractivity contribution in [2.45, 2.75) is 6.54 Å². The van der Waals surface area contributed by atoms with E-state index in [1.807, 2.05) is 23.1 Å². The van der Waals surface area contributed by atoms with Crippen molar-refractivity contribution in [1.82, 2.24) is 20.4 Å². The predicted octanol–water partition coefficient (Wildman–Crippen LogP) is 1.32. The molecule has 2 aromatic rings. The van der Waals surface area contributed by atoms with Gasteiger partial charge >= 0.3 is 0 Å². The number of rotatable bonds is 3. The van der Waals surface area contributed by atoms with Crippen LogP contribution in [0.1, 0.15) is 5.89 Å². The smallest absolute Gasteiger partial charge is 0.241 e. The van der Waals surface area contributed by atoms with Gasteiger partial charge in [-0.3, -0.25) is 9.69 Å². The Morgan fingerprint density at radius 1 is 1.40 bits per heavy atom. The second-order valence-corrected chi connectivity index (χ2v) is 4.96. The first-order valence-corrected chi connectivity index (χ1v) is 6.67. The molecule has 0 aliphatic carbocycles. The molecule has 7 heteroatoms. The van der Waals surface area contributed by atoms with Crippen LogP contribution in [0.15, 0.2) is 28.8 Å². The zero-order valence-electron chi connectivity index (χ0n) is 10.7. The summed E-state index contributed by atoms with van der Waals surface area (Å²) >= 11 is 6.09. The maximum Gasteiger partial charge on any atom is 0.241 e. The van der Waals surface area contributed by atoms with Gasteiger partial charge < -0.3 is 9.84 Å². The maximum absolute atomic E-state index is 11.3. The molecule has 1 fully saturated rings. The second kappa shape index (κ2) is 5.60. The van der Waals surface area contributed by atoms with Gasteiger partial charge in [0.05, 0.1) is 18.1 Å². The monoisotopic (exact) mass is 292 g/mol. The molecule has 2 heterocycles. The van der Waals surface area contributed by atoms with Gasteiger partial charge in [-0.1, -0.05) is 28.9 Å². The Morgan fingerprint density at radius 3 is 3.05 bits per heavy atom. The molecule has 3 rings (SSSR count). The first-order chi connectivity index (χ1) is 9.72. The molecule has 0 atom stereocenters. The minimum absolute atomic E-state index is 0.0158. The van der Waals surface area contributed by atoms with E-state index in [1.54, 1.807) is 6.07 Å². The number of nitrogens with zero attached hydrogens (tertiary/aromatic N) is 3. The Kier molecular flexibility index (Phi) is 3.66. The third-order valence-corrected chi connectivity index (χ3v) is 3.39. The zero-order chi connectivity index (χ0) is 13.9. The van der Waals surface area contributed by atoms with Crippen LogP contribution in [-0.4, -0.2) is 40.6 Å². The number of aromatic nitrogens is 2. The van der Waals surface area contributed by atoms with Crippen molar-refractivity contribution in [1.29, 1.82) is 0 Å². The van der Waals surface area contributed by atoms with Gasteiger partial charge in [-0.25, -0.2) is 0 Å². The van der Waals surface area contributed by atoms with E-state index in [1.165, 1.54) is 0 Å². The highest BCUT2D eigenvalue weighted by Crippen LogP contribution is 2.25. The molecule has 6 nitrogen and oxygen atoms in total. The molecule has 104 valence electrons. The first kappa shape index (κ1) is 13.1. The van der Waals surface area contributed by atoms with E-state index in [4.69, 9.17) is 16.1 Å². The molecule has 0 saturated carbocycles. The standard InChI is InChI=1S/C13H13ClN4O2/c14-10-4-2-1-3-9(10)13-16-12(20-17-13)8-18-6-5-15-11(19)7-18/h1-4H,5-8H2,(H,15,19). The predicted molar refractivity (Wildman–Crippen MR) is 73.0 cm³/mol. The maximum atomic E-state index is 11.3. The number of halogens is 1. The van der Waals surface area contributed by atoms with Crippen LogP contribution in [0.2, 0.25) is 5.02 Å². The van der Waals surface area contributed by atoms with Crippen LogP contribution in [0, 0.1) is 0 Å². The highest BCUT2D eigenvalue weighted by molar-refractivity contribution is 6.33. The van der Waals surface area contributed by atoms with E-state index in [0.29, 0.717) is 36.4 Å². The average molecular weight is 293 g/mol. The zero-order valence-corrected chi connectivity index (χ0v) is 11.4. The van der Waals surface area contributed by atoms with Gasteiger partial charge in [-0.2, -0.15) is 4.98 Å². The van der Waals surface area contributed by atoms with Crippen molar-refractivity contribution in [3.8, 4) is 11.4 Å².